The molecule has 0 amide bonds. The van der Waals surface area contributed by atoms with Crippen LogP contribution in [0.4, 0.5) is 5.69 Å². The largest absolute Gasteiger partial charge is 0.272 e. The van der Waals surface area contributed by atoms with Crippen LogP contribution < -0.4 is 0 Å². The van der Waals surface area contributed by atoms with Gasteiger partial charge < -0.3 is 0 Å². The summed E-state index contributed by atoms with van der Waals surface area (Å²) >= 11 is 0. The Kier molecular flexibility index (Phi) is 6.54. The molecule has 0 unspecified atom stereocenters. The first-order valence-electron chi connectivity index (χ1n) is 7.30. The van der Waals surface area contributed by atoms with Crippen LogP contribution in [-0.2, 0) is 12.8 Å². The molecule has 0 saturated carbocycles. The number of hydrogen-bond donors (Lipinski definition) is 0. The lowest BCUT2D eigenvalue weighted by Crippen LogP contribution is -1.97. The maximum Gasteiger partial charge on any atom is 0.272 e. The van der Waals surface area contributed by atoms with Crippen LogP contribution in [0.25, 0.3) is 0 Å². The molecule has 1 aromatic rings. The summed E-state index contributed by atoms with van der Waals surface area (Å²) in [7, 11) is 0. The van der Waals surface area contributed by atoms with Gasteiger partial charge in [0.15, 0.2) is 0 Å². The van der Waals surface area contributed by atoms with Crippen molar-refractivity contribution >= 4 is 5.69 Å². The SMILES string of the molecule is CCc1ccc(CCCCCC(C)C)c([N+](=O)[O-])c1. The van der Waals surface area contributed by atoms with Gasteiger partial charge in [0.25, 0.3) is 5.69 Å². The summed E-state index contributed by atoms with van der Waals surface area (Å²) in [4.78, 5) is 10.8. The van der Waals surface area contributed by atoms with Gasteiger partial charge in [-0.3, -0.25) is 10.1 Å². The van der Waals surface area contributed by atoms with E-state index in [1.807, 2.05) is 19.1 Å². The third-order valence-corrected chi connectivity index (χ3v) is 3.48. The lowest BCUT2D eigenvalue weighted by atomic mass is 10.00. The van der Waals surface area contributed by atoms with Crippen molar-refractivity contribution < 1.29 is 4.92 Å². The Morgan fingerprint density at radius 3 is 2.53 bits per heavy atom. The predicted octanol–water partition coefficient (Wildman–Crippen LogP) is 4.92. The Balaban J connectivity index is 2.55. The van der Waals surface area contributed by atoms with Gasteiger partial charge in [-0.15, -0.1) is 0 Å². The molecule has 106 valence electrons. The summed E-state index contributed by atoms with van der Waals surface area (Å²) in [6, 6.07) is 5.67. The number of aryl methyl sites for hydroxylation is 2. The molecule has 0 heterocycles. The van der Waals surface area contributed by atoms with Crippen LogP contribution in [0.5, 0.6) is 0 Å². The van der Waals surface area contributed by atoms with Crippen LogP contribution in [0.15, 0.2) is 18.2 Å². The minimum Gasteiger partial charge on any atom is -0.258 e. The first kappa shape index (κ1) is 15.7. The normalized spacial score (nSPS) is 10.9. The third kappa shape index (κ3) is 5.41. The molecule has 1 aromatic carbocycles. The van der Waals surface area contributed by atoms with Crippen molar-refractivity contribution in [2.24, 2.45) is 5.92 Å². The number of nitro benzene ring substituents is 1. The van der Waals surface area contributed by atoms with E-state index in [1.165, 1.54) is 12.8 Å². The van der Waals surface area contributed by atoms with Gasteiger partial charge in [0.1, 0.15) is 0 Å². The molecule has 0 aromatic heterocycles. The van der Waals surface area contributed by atoms with E-state index in [2.05, 4.69) is 13.8 Å². The fourth-order valence-corrected chi connectivity index (χ4v) is 2.26. The summed E-state index contributed by atoms with van der Waals surface area (Å²) < 4.78 is 0. The maximum absolute atomic E-state index is 11.1. The van der Waals surface area contributed by atoms with Crippen LogP contribution in [0, 0.1) is 16.0 Å². The standard InChI is InChI=1S/C16H25NO2/c1-4-14-10-11-15(16(12-14)17(18)19)9-7-5-6-8-13(2)3/h10-13H,4-9H2,1-3H3. The smallest absolute Gasteiger partial charge is 0.258 e. The molecule has 0 spiro atoms. The van der Waals surface area contributed by atoms with Crippen molar-refractivity contribution in [1.82, 2.24) is 0 Å². The highest BCUT2D eigenvalue weighted by atomic mass is 16.6. The second-order valence-corrected chi connectivity index (χ2v) is 5.57. The van der Waals surface area contributed by atoms with E-state index in [1.54, 1.807) is 6.07 Å². The second-order valence-electron chi connectivity index (χ2n) is 5.57. The van der Waals surface area contributed by atoms with Gasteiger partial charge in [0.2, 0.25) is 0 Å². The molecule has 0 fully saturated rings. The highest BCUT2D eigenvalue weighted by Gasteiger charge is 2.13. The van der Waals surface area contributed by atoms with Crippen LogP contribution in [-0.4, -0.2) is 4.92 Å². The highest BCUT2D eigenvalue weighted by Crippen LogP contribution is 2.23. The summed E-state index contributed by atoms with van der Waals surface area (Å²) in [6.07, 6.45) is 6.33. The molecular formula is C16H25NO2. The van der Waals surface area contributed by atoms with Crippen molar-refractivity contribution in [3.8, 4) is 0 Å². The Morgan fingerprint density at radius 1 is 1.21 bits per heavy atom. The third-order valence-electron chi connectivity index (χ3n) is 3.48. The maximum atomic E-state index is 11.1. The molecule has 0 saturated heterocycles. The number of nitrogens with zero attached hydrogens (tertiary/aromatic N) is 1. The molecule has 0 aliphatic carbocycles. The number of unbranched alkanes of at least 4 members (excludes halogenated alkanes) is 2. The Morgan fingerprint density at radius 2 is 1.95 bits per heavy atom. The van der Waals surface area contributed by atoms with Crippen molar-refractivity contribution in [3.63, 3.8) is 0 Å². The van der Waals surface area contributed by atoms with Gasteiger partial charge in [0.05, 0.1) is 4.92 Å². The first-order valence-corrected chi connectivity index (χ1v) is 7.30. The summed E-state index contributed by atoms with van der Waals surface area (Å²) in [5.74, 6) is 0.748. The van der Waals surface area contributed by atoms with Gasteiger partial charge in [-0.2, -0.15) is 0 Å². The van der Waals surface area contributed by atoms with Crippen molar-refractivity contribution in [3.05, 3.63) is 39.4 Å². The summed E-state index contributed by atoms with van der Waals surface area (Å²) in [6.45, 7) is 6.48. The van der Waals surface area contributed by atoms with Crippen LogP contribution >= 0.6 is 0 Å². The van der Waals surface area contributed by atoms with Gasteiger partial charge in [-0.05, 0) is 30.7 Å². The number of nitro groups is 1. The molecule has 3 nitrogen and oxygen atoms in total. The Labute approximate surface area is 116 Å². The second kappa shape index (κ2) is 7.93. The van der Waals surface area contributed by atoms with E-state index >= 15 is 0 Å². The fraction of sp³-hybridized carbons (Fsp3) is 0.625. The monoisotopic (exact) mass is 263 g/mol. The molecule has 19 heavy (non-hydrogen) atoms. The minimum absolute atomic E-state index is 0.247. The quantitative estimate of drug-likeness (QED) is 0.379. The lowest BCUT2D eigenvalue weighted by molar-refractivity contribution is -0.385. The average molecular weight is 263 g/mol. The van der Waals surface area contributed by atoms with Crippen molar-refractivity contribution in [2.75, 3.05) is 0 Å². The van der Waals surface area contributed by atoms with Crippen LogP contribution in [0.1, 0.15) is 57.6 Å². The topological polar surface area (TPSA) is 43.1 Å². The molecule has 0 atom stereocenters. The molecule has 0 radical (unpaired) electrons. The minimum atomic E-state index is -0.247. The summed E-state index contributed by atoms with van der Waals surface area (Å²) in [5, 5.41) is 11.1. The van der Waals surface area contributed by atoms with Crippen LogP contribution in [0.3, 0.4) is 0 Å². The van der Waals surface area contributed by atoms with Crippen LogP contribution in [0.2, 0.25) is 0 Å². The first-order chi connectivity index (χ1) is 9.04. The Bertz CT molecular complexity index is 413. The van der Waals surface area contributed by atoms with E-state index < -0.39 is 0 Å². The molecule has 1 rings (SSSR count). The molecule has 3 heteroatoms. The van der Waals surface area contributed by atoms with E-state index in [-0.39, 0.29) is 4.92 Å². The zero-order valence-electron chi connectivity index (χ0n) is 12.3. The zero-order chi connectivity index (χ0) is 14.3. The summed E-state index contributed by atoms with van der Waals surface area (Å²) in [5.41, 5.74) is 2.21. The predicted molar refractivity (Wildman–Crippen MR) is 79.5 cm³/mol. The number of benzene rings is 1. The molecule has 0 aliphatic heterocycles. The molecule has 0 bridgehead atoms. The highest BCUT2D eigenvalue weighted by molar-refractivity contribution is 5.43. The van der Waals surface area contributed by atoms with Crippen molar-refractivity contribution in [2.45, 2.75) is 59.3 Å². The number of rotatable bonds is 8. The van der Waals surface area contributed by atoms with E-state index in [0.29, 0.717) is 5.69 Å². The van der Waals surface area contributed by atoms with E-state index in [9.17, 15) is 10.1 Å². The van der Waals surface area contributed by atoms with Gasteiger partial charge in [0, 0.05) is 11.6 Å². The molecule has 0 aliphatic rings. The fourth-order valence-electron chi connectivity index (χ4n) is 2.26. The average Bonchev–Trinajstić information content (AvgIpc) is 2.38. The van der Waals surface area contributed by atoms with E-state index in [4.69, 9.17) is 0 Å². The Hall–Kier alpha value is -1.38. The zero-order valence-corrected chi connectivity index (χ0v) is 12.3. The van der Waals surface area contributed by atoms with Gasteiger partial charge >= 0.3 is 0 Å². The van der Waals surface area contributed by atoms with Gasteiger partial charge in [-0.25, -0.2) is 0 Å². The number of hydrogen-bond acceptors (Lipinski definition) is 2. The van der Waals surface area contributed by atoms with Gasteiger partial charge in [-0.1, -0.05) is 52.2 Å². The van der Waals surface area contributed by atoms with Crippen molar-refractivity contribution in [1.29, 1.82) is 0 Å². The molecule has 0 N–H and O–H groups in total. The lowest BCUT2D eigenvalue weighted by Gasteiger charge is -2.06. The molecular weight excluding hydrogens is 238 g/mol. The van der Waals surface area contributed by atoms with E-state index in [0.717, 1.165) is 42.7 Å².